The van der Waals surface area contributed by atoms with Crippen molar-refractivity contribution in [3.63, 3.8) is 0 Å². The molecule has 0 fully saturated rings. The van der Waals surface area contributed by atoms with Crippen molar-refractivity contribution in [1.29, 1.82) is 0 Å². The van der Waals surface area contributed by atoms with E-state index in [1.807, 2.05) is 18.3 Å². The SMILES string of the molecule is CC(C)(C)OC(=O)N[C@@H](CN)C(=O)O.NCCc1cccnc1. The number of nitrogens with zero attached hydrogens (tertiary/aromatic N) is 1. The minimum Gasteiger partial charge on any atom is -0.480 e. The van der Waals surface area contributed by atoms with Crippen LogP contribution in [0.25, 0.3) is 0 Å². The molecule has 0 saturated heterocycles. The Morgan fingerprint density at radius 3 is 2.43 bits per heavy atom. The van der Waals surface area contributed by atoms with Gasteiger partial charge in [0.25, 0.3) is 0 Å². The Kier molecular flexibility index (Phi) is 9.52. The van der Waals surface area contributed by atoms with Gasteiger partial charge in [-0.25, -0.2) is 9.59 Å². The predicted octanol–water partition coefficient (Wildman–Crippen LogP) is 0.506. The van der Waals surface area contributed by atoms with E-state index in [0.717, 1.165) is 6.42 Å². The molecule has 1 aromatic rings. The lowest BCUT2D eigenvalue weighted by molar-refractivity contribution is -0.139. The minimum absolute atomic E-state index is 0.172. The number of amides is 1. The molecule has 8 heteroatoms. The van der Waals surface area contributed by atoms with Gasteiger partial charge in [0, 0.05) is 18.9 Å². The number of ether oxygens (including phenoxy) is 1. The van der Waals surface area contributed by atoms with Crippen molar-refractivity contribution >= 4 is 12.1 Å². The molecule has 0 saturated carbocycles. The number of nitrogens with two attached hydrogens (primary N) is 2. The zero-order chi connectivity index (χ0) is 17.9. The third-order valence-corrected chi connectivity index (χ3v) is 2.38. The summed E-state index contributed by atoms with van der Waals surface area (Å²) in [5.74, 6) is -1.18. The number of nitrogens with one attached hydrogen (secondary N) is 1. The molecule has 1 aromatic heterocycles. The molecule has 0 radical (unpaired) electrons. The van der Waals surface area contributed by atoms with E-state index in [1.54, 1.807) is 27.0 Å². The maximum atomic E-state index is 11.1. The highest BCUT2D eigenvalue weighted by molar-refractivity contribution is 5.80. The Balaban J connectivity index is 0.000000459. The molecule has 1 rings (SSSR count). The number of pyridine rings is 1. The summed E-state index contributed by atoms with van der Waals surface area (Å²) in [4.78, 5) is 25.5. The van der Waals surface area contributed by atoms with E-state index < -0.39 is 23.7 Å². The van der Waals surface area contributed by atoms with Crippen LogP contribution in [0.2, 0.25) is 0 Å². The molecular weight excluding hydrogens is 300 g/mol. The van der Waals surface area contributed by atoms with E-state index in [1.165, 1.54) is 5.56 Å². The molecule has 8 nitrogen and oxygen atoms in total. The van der Waals surface area contributed by atoms with Gasteiger partial charge in [-0.05, 0) is 45.4 Å². The summed E-state index contributed by atoms with van der Waals surface area (Å²) in [6, 6.07) is 2.84. The fourth-order valence-electron chi connectivity index (χ4n) is 1.38. The maximum absolute atomic E-state index is 11.1. The number of carboxylic acid groups (broad SMARTS) is 1. The van der Waals surface area contributed by atoms with Gasteiger partial charge < -0.3 is 26.6 Å². The number of rotatable bonds is 5. The quantitative estimate of drug-likeness (QED) is 0.617. The van der Waals surface area contributed by atoms with E-state index in [0.29, 0.717) is 6.54 Å². The molecule has 0 aromatic carbocycles. The number of aliphatic carboxylic acids is 1. The van der Waals surface area contributed by atoms with E-state index >= 15 is 0 Å². The number of carboxylic acids is 1. The number of carbonyl (C=O) groups excluding carboxylic acids is 1. The summed E-state index contributed by atoms with van der Waals surface area (Å²) in [6.07, 6.45) is 3.75. The summed E-state index contributed by atoms with van der Waals surface area (Å²) in [5.41, 5.74) is 11.0. The van der Waals surface area contributed by atoms with Crippen LogP contribution in [0.1, 0.15) is 26.3 Å². The third-order valence-electron chi connectivity index (χ3n) is 2.38. The van der Waals surface area contributed by atoms with Gasteiger partial charge in [-0.15, -0.1) is 0 Å². The van der Waals surface area contributed by atoms with Crippen molar-refractivity contribution in [2.45, 2.75) is 38.8 Å². The van der Waals surface area contributed by atoms with E-state index in [2.05, 4.69) is 10.3 Å². The highest BCUT2D eigenvalue weighted by atomic mass is 16.6. The monoisotopic (exact) mass is 326 g/mol. The van der Waals surface area contributed by atoms with Crippen LogP contribution >= 0.6 is 0 Å². The van der Waals surface area contributed by atoms with Gasteiger partial charge >= 0.3 is 12.1 Å². The molecule has 0 unspecified atom stereocenters. The zero-order valence-electron chi connectivity index (χ0n) is 13.8. The Bertz CT molecular complexity index is 474. The fourth-order valence-corrected chi connectivity index (χ4v) is 1.38. The van der Waals surface area contributed by atoms with Crippen molar-refractivity contribution in [2.75, 3.05) is 13.1 Å². The summed E-state index contributed by atoms with van der Waals surface area (Å²) < 4.78 is 4.85. The van der Waals surface area contributed by atoms with Crippen molar-refractivity contribution in [3.8, 4) is 0 Å². The number of hydrogen-bond acceptors (Lipinski definition) is 6. The van der Waals surface area contributed by atoms with Crippen LogP contribution in [0.4, 0.5) is 4.79 Å². The van der Waals surface area contributed by atoms with Gasteiger partial charge in [-0.1, -0.05) is 6.07 Å². The summed E-state index contributed by atoms with van der Waals surface area (Å²) >= 11 is 0. The number of hydrogen-bond donors (Lipinski definition) is 4. The first-order valence-electron chi connectivity index (χ1n) is 7.21. The van der Waals surface area contributed by atoms with Gasteiger partial charge in [0.15, 0.2) is 0 Å². The van der Waals surface area contributed by atoms with Crippen LogP contribution < -0.4 is 16.8 Å². The van der Waals surface area contributed by atoms with E-state index in [-0.39, 0.29) is 6.54 Å². The predicted molar refractivity (Wildman–Crippen MR) is 86.8 cm³/mol. The molecule has 0 spiro atoms. The highest BCUT2D eigenvalue weighted by Crippen LogP contribution is 2.06. The average Bonchev–Trinajstić information content (AvgIpc) is 2.45. The zero-order valence-corrected chi connectivity index (χ0v) is 13.8. The summed E-state index contributed by atoms with van der Waals surface area (Å²) in [6.45, 7) is 5.58. The largest absolute Gasteiger partial charge is 0.480 e. The molecule has 130 valence electrons. The van der Waals surface area contributed by atoms with Crippen LogP contribution in [0, 0.1) is 0 Å². The smallest absolute Gasteiger partial charge is 0.408 e. The number of carbonyl (C=O) groups is 2. The fraction of sp³-hybridized carbons (Fsp3) is 0.533. The molecule has 0 aliphatic carbocycles. The maximum Gasteiger partial charge on any atom is 0.408 e. The van der Waals surface area contributed by atoms with Crippen molar-refractivity contribution < 1.29 is 19.4 Å². The molecule has 0 aliphatic heterocycles. The molecule has 6 N–H and O–H groups in total. The topological polar surface area (TPSA) is 141 Å². The third kappa shape index (κ3) is 11.1. The Labute approximate surface area is 136 Å². The van der Waals surface area contributed by atoms with Gasteiger partial charge in [-0.2, -0.15) is 0 Å². The summed E-state index contributed by atoms with van der Waals surface area (Å²) in [5, 5.41) is 10.7. The van der Waals surface area contributed by atoms with Gasteiger partial charge in [0.2, 0.25) is 0 Å². The second kappa shape index (κ2) is 10.5. The first-order valence-corrected chi connectivity index (χ1v) is 7.21. The lowest BCUT2D eigenvalue weighted by Crippen LogP contribution is -2.47. The molecule has 0 bridgehead atoms. The van der Waals surface area contributed by atoms with Crippen molar-refractivity contribution in [3.05, 3.63) is 30.1 Å². The van der Waals surface area contributed by atoms with Crippen molar-refractivity contribution in [1.82, 2.24) is 10.3 Å². The van der Waals surface area contributed by atoms with Crippen LogP contribution in [-0.2, 0) is 16.0 Å². The Morgan fingerprint density at radius 2 is 2.04 bits per heavy atom. The first-order chi connectivity index (χ1) is 10.7. The van der Waals surface area contributed by atoms with Crippen LogP contribution in [0.3, 0.4) is 0 Å². The Hall–Kier alpha value is -2.19. The molecule has 0 aliphatic rings. The Morgan fingerprint density at radius 1 is 1.39 bits per heavy atom. The second-order valence-corrected chi connectivity index (χ2v) is 5.67. The lowest BCUT2D eigenvalue weighted by atomic mass is 10.2. The highest BCUT2D eigenvalue weighted by Gasteiger charge is 2.22. The number of alkyl carbamates (subject to hydrolysis) is 1. The van der Waals surface area contributed by atoms with Crippen molar-refractivity contribution in [2.24, 2.45) is 11.5 Å². The molecule has 23 heavy (non-hydrogen) atoms. The van der Waals surface area contributed by atoms with Gasteiger partial charge in [0.05, 0.1) is 0 Å². The normalized spacial score (nSPS) is 11.7. The molecule has 1 atom stereocenters. The van der Waals surface area contributed by atoms with E-state index in [4.69, 9.17) is 21.3 Å². The first kappa shape index (κ1) is 20.8. The molecule has 1 heterocycles. The molecule has 1 amide bonds. The van der Waals surface area contributed by atoms with Gasteiger partial charge in [-0.3, -0.25) is 4.98 Å². The average molecular weight is 326 g/mol. The van der Waals surface area contributed by atoms with Crippen LogP contribution in [-0.4, -0.2) is 46.9 Å². The minimum atomic E-state index is -1.18. The van der Waals surface area contributed by atoms with Crippen LogP contribution in [0.15, 0.2) is 24.5 Å². The molecular formula is C15H26N4O4. The second-order valence-electron chi connectivity index (χ2n) is 5.67. The standard InChI is InChI=1S/C8H16N2O4.C7H10N2/c1-8(2,3)14-7(13)10-5(4-9)6(11)12;8-4-3-7-2-1-5-9-6-7/h5H,4,9H2,1-3H3,(H,10,13)(H,11,12);1-2,5-6H,3-4,8H2/t5-;/m0./s1. The van der Waals surface area contributed by atoms with E-state index in [9.17, 15) is 9.59 Å². The lowest BCUT2D eigenvalue weighted by Gasteiger charge is -2.21. The summed E-state index contributed by atoms with van der Waals surface area (Å²) in [7, 11) is 0. The van der Waals surface area contributed by atoms with Gasteiger partial charge in [0.1, 0.15) is 11.6 Å². The van der Waals surface area contributed by atoms with Crippen LogP contribution in [0.5, 0.6) is 0 Å². The number of aromatic nitrogens is 1.